The summed E-state index contributed by atoms with van der Waals surface area (Å²) >= 11 is 4.98. The highest BCUT2D eigenvalue weighted by Gasteiger charge is 2.22. The lowest BCUT2D eigenvalue weighted by molar-refractivity contribution is -0.385. The number of nitro benzene ring substituents is 2. The van der Waals surface area contributed by atoms with Crippen molar-refractivity contribution in [1.82, 2.24) is 0 Å². The van der Waals surface area contributed by atoms with Gasteiger partial charge < -0.3 is 18.9 Å². The molecule has 0 N–H and O–H groups in total. The number of nitrogens with zero attached hydrogens (tertiary/aromatic N) is 2. The van der Waals surface area contributed by atoms with E-state index in [0.29, 0.717) is 11.1 Å². The van der Waals surface area contributed by atoms with Crippen LogP contribution in [-0.4, -0.2) is 68.0 Å². The number of carbonyl (C=O) groups excluding carboxylic acids is 4. The molecule has 0 heterocycles. The van der Waals surface area contributed by atoms with Crippen LogP contribution in [0.2, 0.25) is 0 Å². The van der Waals surface area contributed by atoms with Gasteiger partial charge in [0.1, 0.15) is 5.88 Å². The zero-order valence-electron chi connectivity index (χ0n) is 22.0. The molecule has 0 atom stereocenters. The monoisotopic (exact) mass is 570 g/mol. The Bertz CT molecular complexity index is 1220. The van der Waals surface area contributed by atoms with Crippen molar-refractivity contribution in [2.45, 2.75) is 20.3 Å². The van der Waals surface area contributed by atoms with Crippen molar-refractivity contribution in [3.05, 3.63) is 78.4 Å². The summed E-state index contributed by atoms with van der Waals surface area (Å²) in [5.41, 5.74) is 1.25. The molecule has 0 saturated heterocycles. The predicted octanol–water partition coefficient (Wildman–Crippen LogP) is 3.49. The van der Waals surface area contributed by atoms with Gasteiger partial charge in [-0.3, -0.25) is 29.8 Å². The fourth-order valence-corrected chi connectivity index (χ4v) is 2.84. The molecular formula is C24H27ClN2O12. The van der Waals surface area contributed by atoms with Gasteiger partial charge in [0, 0.05) is 23.8 Å². The van der Waals surface area contributed by atoms with Crippen LogP contribution < -0.4 is 0 Å². The van der Waals surface area contributed by atoms with Gasteiger partial charge in [0.2, 0.25) is 0 Å². The number of halogens is 1. The van der Waals surface area contributed by atoms with Crippen molar-refractivity contribution >= 4 is 46.9 Å². The van der Waals surface area contributed by atoms with Gasteiger partial charge in [-0.2, -0.15) is 0 Å². The molecule has 0 aliphatic heterocycles. The van der Waals surface area contributed by atoms with E-state index >= 15 is 0 Å². The number of benzene rings is 2. The number of non-ortho nitro benzene ring substituents is 1. The molecule has 15 heteroatoms. The van der Waals surface area contributed by atoms with Crippen molar-refractivity contribution in [2.24, 2.45) is 0 Å². The summed E-state index contributed by atoms with van der Waals surface area (Å²) in [6.07, 6.45) is -0.227. The summed E-state index contributed by atoms with van der Waals surface area (Å²) in [6, 6.07) is 6.61. The molecule has 2 aromatic rings. The second-order valence-electron chi connectivity index (χ2n) is 7.26. The Hall–Kier alpha value is -4.59. The van der Waals surface area contributed by atoms with Gasteiger partial charge in [-0.1, -0.05) is 6.07 Å². The standard InChI is InChI=1S/C12H13NO6.C9H9NO4.C3H5ClO2/c1-7-4-8(5-11(14)18-2)10(13(16)17)6-9(7)12(15)19-3;1-6-3-4-7(10(12)13)5-8(6)9(11)14-2;1-6-3(5)2-4/h4,6H,5H2,1-3H3;3-5H,1-2H3;2H2,1H3. The molecule has 0 bridgehead atoms. The van der Waals surface area contributed by atoms with E-state index in [1.165, 1.54) is 52.7 Å². The lowest BCUT2D eigenvalue weighted by Crippen LogP contribution is -2.10. The normalized spacial score (nSPS) is 9.41. The highest BCUT2D eigenvalue weighted by Crippen LogP contribution is 2.25. The van der Waals surface area contributed by atoms with Gasteiger partial charge in [-0.15, -0.1) is 11.6 Å². The molecule has 39 heavy (non-hydrogen) atoms. The first-order valence-electron chi connectivity index (χ1n) is 10.7. The molecule has 14 nitrogen and oxygen atoms in total. The van der Waals surface area contributed by atoms with E-state index in [-0.39, 0.29) is 40.4 Å². The van der Waals surface area contributed by atoms with Crippen LogP contribution >= 0.6 is 11.6 Å². The van der Waals surface area contributed by atoms with Crippen LogP contribution in [-0.2, 0) is 35.0 Å². The zero-order valence-corrected chi connectivity index (χ0v) is 22.7. The fourth-order valence-electron chi connectivity index (χ4n) is 2.73. The van der Waals surface area contributed by atoms with Crippen LogP contribution in [0.3, 0.4) is 0 Å². The van der Waals surface area contributed by atoms with Crippen LogP contribution in [0.15, 0.2) is 30.3 Å². The number of hydrogen-bond donors (Lipinski definition) is 0. The predicted molar refractivity (Wildman–Crippen MR) is 137 cm³/mol. The molecule has 0 aliphatic rings. The summed E-state index contributed by atoms with van der Waals surface area (Å²) < 4.78 is 17.6. The minimum absolute atomic E-state index is 0.0590. The third-order valence-electron chi connectivity index (χ3n) is 4.76. The van der Waals surface area contributed by atoms with Crippen LogP contribution in [0.1, 0.15) is 37.4 Å². The molecule has 0 spiro atoms. The number of rotatable bonds is 7. The molecule has 2 rings (SSSR count). The largest absolute Gasteiger partial charge is 0.469 e. The summed E-state index contributed by atoms with van der Waals surface area (Å²) in [6.45, 7) is 3.30. The van der Waals surface area contributed by atoms with Gasteiger partial charge >= 0.3 is 23.9 Å². The lowest BCUT2D eigenvalue weighted by atomic mass is 10.0. The minimum Gasteiger partial charge on any atom is -0.469 e. The van der Waals surface area contributed by atoms with Gasteiger partial charge in [0.15, 0.2) is 0 Å². The molecule has 0 amide bonds. The summed E-state index contributed by atoms with van der Waals surface area (Å²) in [5.74, 6) is -2.27. The molecule has 0 unspecified atom stereocenters. The van der Waals surface area contributed by atoms with E-state index in [1.54, 1.807) is 13.8 Å². The maximum atomic E-state index is 11.5. The molecule has 0 radical (unpaired) electrons. The smallest absolute Gasteiger partial charge is 0.338 e. The fraction of sp³-hybridized carbons (Fsp3) is 0.333. The average Bonchev–Trinajstić information content (AvgIpc) is 2.92. The molecule has 0 aromatic heterocycles. The molecule has 0 saturated carbocycles. The number of hydrogen-bond acceptors (Lipinski definition) is 12. The van der Waals surface area contributed by atoms with E-state index in [1.807, 2.05) is 0 Å². The Morgan fingerprint density at radius 2 is 1.26 bits per heavy atom. The van der Waals surface area contributed by atoms with E-state index in [0.717, 1.165) is 6.07 Å². The number of aryl methyl sites for hydroxylation is 2. The van der Waals surface area contributed by atoms with Gasteiger partial charge in [-0.25, -0.2) is 9.59 Å². The topological polar surface area (TPSA) is 191 Å². The Morgan fingerprint density at radius 1 is 0.744 bits per heavy atom. The van der Waals surface area contributed by atoms with E-state index < -0.39 is 33.7 Å². The number of carbonyl (C=O) groups is 4. The van der Waals surface area contributed by atoms with E-state index in [9.17, 15) is 39.4 Å². The quantitative estimate of drug-likeness (QED) is 0.155. The highest BCUT2D eigenvalue weighted by molar-refractivity contribution is 6.26. The number of alkyl halides is 1. The second-order valence-corrected chi connectivity index (χ2v) is 7.52. The maximum Gasteiger partial charge on any atom is 0.338 e. The first kappa shape index (κ1) is 34.4. The van der Waals surface area contributed by atoms with Gasteiger partial charge in [-0.05, 0) is 31.0 Å². The number of methoxy groups -OCH3 is 4. The van der Waals surface area contributed by atoms with E-state index in [2.05, 4.69) is 18.9 Å². The molecular weight excluding hydrogens is 544 g/mol. The Balaban J connectivity index is 0.000000631. The summed E-state index contributed by atoms with van der Waals surface area (Å²) in [7, 11) is 4.92. The first-order valence-corrected chi connectivity index (χ1v) is 11.2. The molecule has 0 fully saturated rings. The van der Waals surface area contributed by atoms with Gasteiger partial charge in [0.25, 0.3) is 11.4 Å². The van der Waals surface area contributed by atoms with Crippen LogP contribution in [0.25, 0.3) is 0 Å². The van der Waals surface area contributed by atoms with Crippen molar-refractivity contribution < 1.29 is 48.0 Å². The average molecular weight is 571 g/mol. The molecule has 0 aliphatic carbocycles. The maximum absolute atomic E-state index is 11.5. The van der Waals surface area contributed by atoms with Crippen LogP contribution in [0.5, 0.6) is 0 Å². The van der Waals surface area contributed by atoms with Crippen molar-refractivity contribution in [3.63, 3.8) is 0 Å². The van der Waals surface area contributed by atoms with Crippen molar-refractivity contribution in [3.8, 4) is 0 Å². The summed E-state index contributed by atoms with van der Waals surface area (Å²) in [4.78, 5) is 63.9. The third kappa shape index (κ3) is 11.1. The summed E-state index contributed by atoms with van der Waals surface area (Å²) in [5, 5.41) is 21.4. The van der Waals surface area contributed by atoms with Crippen molar-refractivity contribution in [1.29, 1.82) is 0 Å². The minimum atomic E-state index is -0.662. The van der Waals surface area contributed by atoms with Crippen molar-refractivity contribution in [2.75, 3.05) is 34.3 Å². The SMILES string of the molecule is COC(=O)CCl.COC(=O)Cc1cc(C)c(C(=O)OC)cc1[N+](=O)[O-].COC(=O)c1cc([N+](=O)[O-])ccc1C. The highest BCUT2D eigenvalue weighted by atomic mass is 35.5. The Labute approximate surface area is 228 Å². The zero-order chi connectivity index (χ0) is 30.3. The second kappa shape index (κ2) is 17.0. The van der Waals surface area contributed by atoms with Crippen LogP contribution in [0.4, 0.5) is 11.4 Å². The number of esters is 4. The number of nitro groups is 2. The third-order valence-corrected chi connectivity index (χ3v) is 4.98. The molecule has 212 valence electrons. The Kier molecular flexibility index (Phi) is 15.0. The first-order chi connectivity index (χ1) is 18.3. The van der Waals surface area contributed by atoms with E-state index in [4.69, 9.17) is 11.6 Å². The Morgan fingerprint density at radius 3 is 1.64 bits per heavy atom. The van der Waals surface area contributed by atoms with Crippen LogP contribution in [0, 0.1) is 34.1 Å². The van der Waals surface area contributed by atoms with Gasteiger partial charge in [0.05, 0.1) is 55.8 Å². The molecule has 2 aromatic carbocycles. The number of ether oxygens (including phenoxy) is 4. The lowest BCUT2D eigenvalue weighted by Gasteiger charge is -2.07.